The number of benzene rings is 2. The summed E-state index contributed by atoms with van der Waals surface area (Å²) < 4.78 is 5.84. The summed E-state index contributed by atoms with van der Waals surface area (Å²) >= 11 is 0. The zero-order chi connectivity index (χ0) is 18.2. The Morgan fingerprint density at radius 3 is 2.69 bits per heavy atom. The topological polar surface area (TPSA) is 67.4 Å². The molecule has 1 fully saturated rings. The van der Waals surface area contributed by atoms with E-state index in [0.29, 0.717) is 13.0 Å². The lowest BCUT2D eigenvalue weighted by Gasteiger charge is -2.16. The van der Waals surface area contributed by atoms with Crippen LogP contribution in [-0.4, -0.2) is 31.0 Å². The van der Waals surface area contributed by atoms with Crippen molar-refractivity contribution in [2.24, 2.45) is 0 Å². The number of para-hydroxylation sites is 1. The second-order valence-corrected chi connectivity index (χ2v) is 6.37. The fourth-order valence-corrected chi connectivity index (χ4v) is 3.05. The Labute approximate surface area is 153 Å². The first-order chi connectivity index (χ1) is 12.7. The smallest absolute Gasteiger partial charge is 0.242 e. The van der Waals surface area contributed by atoms with Gasteiger partial charge in [0, 0.05) is 12.1 Å². The van der Waals surface area contributed by atoms with E-state index < -0.39 is 6.04 Å². The minimum Gasteiger partial charge on any atom is -0.492 e. The van der Waals surface area contributed by atoms with Crippen LogP contribution >= 0.6 is 0 Å². The molecule has 3 rings (SSSR count). The van der Waals surface area contributed by atoms with Gasteiger partial charge in [-0.15, -0.1) is 0 Å². The van der Waals surface area contributed by atoms with Gasteiger partial charge in [0.25, 0.3) is 0 Å². The first kappa shape index (κ1) is 18.0. The quantitative estimate of drug-likeness (QED) is 0.840. The number of hydrogen-bond acceptors (Lipinski definition) is 3. The van der Waals surface area contributed by atoms with Crippen LogP contribution in [0.15, 0.2) is 54.6 Å². The molecule has 136 valence electrons. The van der Waals surface area contributed by atoms with Crippen LogP contribution in [0.25, 0.3) is 11.1 Å². The van der Waals surface area contributed by atoms with Gasteiger partial charge >= 0.3 is 0 Å². The number of carbonyl (C=O) groups excluding carboxylic acids is 2. The Bertz CT molecular complexity index is 746. The third kappa shape index (κ3) is 4.85. The lowest BCUT2D eigenvalue weighted by Crippen LogP contribution is -2.45. The SMILES string of the molecule is O=C(CCOc1ccccc1-c1ccccc1)N[C@@H]1CCCCNC1=O. The lowest BCUT2D eigenvalue weighted by atomic mass is 10.1. The number of carbonyl (C=O) groups is 2. The maximum atomic E-state index is 12.1. The zero-order valence-corrected chi connectivity index (χ0v) is 14.7. The minimum absolute atomic E-state index is 0.0915. The fourth-order valence-electron chi connectivity index (χ4n) is 3.05. The van der Waals surface area contributed by atoms with Crippen molar-refractivity contribution in [2.75, 3.05) is 13.2 Å². The van der Waals surface area contributed by atoms with Crippen molar-refractivity contribution < 1.29 is 14.3 Å². The highest BCUT2D eigenvalue weighted by Crippen LogP contribution is 2.29. The molecule has 5 heteroatoms. The summed E-state index contributed by atoms with van der Waals surface area (Å²) in [5, 5.41) is 5.63. The van der Waals surface area contributed by atoms with E-state index in [9.17, 15) is 9.59 Å². The molecule has 1 aliphatic heterocycles. The van der Waals surface area contributed by atoms with Gasteiger partial charge in [-0.1, -0.05) is 48.5 Å². The van der Waals surface area contributed by atoms with E-state index in [1.54, 1.807) is 0 Å². The second kappa shape index (κ2) is 9.04. The molecule has 0 spiro atoms. The summed E-state index contributed by atoms with van der Waals surface area (Å²) in [6.45, 7) is 0.953. The Morgan fingerprint density at radius 1 is 1.08 bits per heavy atom. The molecule has 26 heavy (non-hydrogen) atoms. The van der Waals surface area contributed by atoms with Gasteiger partial charge in [0.2, 0.25) is 11.8 Å². The van der Waals surface area contributed by atoms with Crippen molar-refractivity contribution in [3.8, 4) is 16.9 Å². The van der Waals surface area contributed by atoms with Gasteiger partial charge < -0.3 is 15.4 Å². The molecular weight excluding hydrogens is 328 g/mol. The van der Waals surface area contributed by atoms with Gasteiger partial charge in [-0.05, 0) is 30.9 Å². The van der Waals surface area contributed by atoms with Gasteiger partial charge in [-0.25, -0.2) is 0 Å². The molecule has 2 aromatic carbocycles. The van der Waals surface area contributed by atoms with Crippen LogP contribution in [-0.2, 0) is 9.59 Å². The summed E-state index contributed by atoms with van der Waals surface area (Å²) in [5.74, 6) is 0.495. The van der Waals surface area contributed by atoms with E-state index in [0.717, 1.165) is 29.7 Å². The summed E-state index contributed by atoms with van der Waals surface area (Å²) in [4.78, 5) is 24.0. The van der Waals surface area contributed by atoms with Gasteiger partial charge in [0.15, 0.2) is 0 Å². The molecule has 2 N–H and O–H groups in total. The molecule has 0 saturated carbocycles. The molecule has 0 radical (unpaired) electrons. The summed E-state index contributed by atoms with van der Waals surface area (Å²) in [7, 11) is 0. The largest absolute Gasteiger partial charge is 0.492 e. The Balaban J connectivity index is 1.54. The molecule has 1 aliphatic rings. The van der Waals surface area contributed by atoms with Crippen molar-refractivity contribution in [3.63, 3.8) is 0 Å². The third-order valence-electron chi connectivity index (χ3n) is 4.43. The van der Waals surface area contributed by atoms with Crippen molar-refractivity contribution in [1.29, 1.82) is 0 Å². The van der Waals surface area contributed by atoms with Gasteiger partial charge in [0.1, 0.15) is 11.8 Å². The summed E-state index contributed by atoms with van der Waals surface area (Å²) in [6, 6.07) is 17.3. The van der Waals surface area contributed by atoms with Crippen LogP contribution in [0.3, 0.4) is 0 Å². The molecule has 1 atom stereocenters. The zero-order valence-electron chi connectivity index (χ0n) is 14.7. The maximum absolute atomic E-state index is 12.1. The fraction of sp³-hybridized carbons (Fsp3) is 0.333. The average Bonchev–Trinajstić information content (AvgIpc) is 2.87. The number of amides is 2. The van der Waals surface area contributed by atoms with Gasteiger partial charge in [-0.3, -0.25) is 9.59 Å². The van der Waals surface area contributed by atoms with Crippen molar-refractivity contribution in [3.05, 3.63) is 54.6 Å². The number of rotatable bonds is 6. The number of ether oxygens (including phenoxy) is 1. The van der Waals surface area contributed by atoms with E-state index in [-0.39, 0.29) is 24.8 Å². The highest BCUT2D eigenvalue weighted by molar-refractivity contribution is 5.87. The van der Waals surface area contributed by atoms with Crippen LogP contribution < -0.4 is 15.4 Å². The van der Waals surface area contributed by atoms with Gasteiger partial charge in [-0.2, -0.15) is 0 Å². The first-order valence-electron chi connectivity index (χ1n) is 9.08. The molecule has 5 nitrogen and oxygen atoms in total. The molecule has 2 amide bonds. The van der Waals surface area contributed by atoms with E-state index >= 15 is 0 Å². The van der Waals surface area contributed by atoms with E-state index in [2.05, 4.69) is 10.6 Å². The molecule has 1 saturated heterocycles. The van der Waals surface area contributed by atoms with E-state index in [4.69, 9.17) is 4.74 Å². The second-order valence-electron chi connectivity index (χ2n) is 6.37. The summed E-state index contributed by atoms with van der Waals surface area (Å²) in [6.07, 6.45) is 2.80. The molecule has 1 heterocycles. The molecule has 2 aromatic rings. The van der Waals surface area contributed by atoms with Crippen LogP contribution in [0.2, 0.25) is 0 Å². The first-order valence-corrected chi connectivity index (χ1v) is 9.08. The molecule has 0 unspecified atom stereocenters. The maximum Gasteiger partial charge on any atom is 0.242 e. The Kier molecular flexibility index (Phi) is 6.25. The Hall–Kier alpha value is -2.82. The normalized spacial score (nSPS) is 17.1. The van der Waals surface area contributed by atoms with Crippen molar-refractivity contribution in [2.45, 2.75) is 31.7 Å². The number of nitrogens with one attached hydrogen (secondary N) is 2. The predicted molar refractivity (Wildman–Crippen MR) is 101 cm³/mol. The van der Waals surface area contributed by atoms with Crippen LogP contribution in [0, 0.1) is 0 Å². The highest BCUT2D eigenvalue weighted by atomic mass is 16.5. The van der Waals surface area contributed by atoms with E-state index in [1.807, 2.05) is 54.6 Å². The molecule has 0 aromatic heterocycles. The highest BCUT2D eigenvalue weighted by Gasteiger charge is 2.22. The molecular formula is C21H24N2O3. The van der Waals surface area contributed by atoms with E-state index in [1.165, 1.54) is 0 Å². The summed E-state index contributed by atoms with van der Waals surface area (Å²) in [5.41, 5.74) is 2.07. The number of hydrogen-bond donors (Lipinski definition) is 2. The van der Waals surface area contributed by atoms with Crippen LogP contribution in [0.1, 0.15) is 25.7 Å². The lowest BCUT2D eigenvalue weighted by molar-refractivity contribution is -0.129. The molecule has 0 aliphatic carbocycles. The monoisotopic (exact) mass is 352 g/mol. The van der Waals surface area contributed by atoms with Crippen LogP contribution in [0.4, 0.5) is 0 Å². The average molecular weight is 352 g/mol. The Morgan fingerprint density at radius 2 is 1.85 bits per heavy atom. The van der Waals surface area contributed by atoms with Gasteiger partial charge in [0.05, 0.1) is 13.0 Å². The predicted octanol–water partition coefficient (Wildman–Crippen LogP) is 2.91. The minimum atomic E-state index is -0.429. The van der Waals surface area contributed by atoms with Crippen molar-refractivity contribution in [1.82, 2.24) is 10.6 Å². The van der Waals surface area contributed by atoms with Crippen LogP contribution in [0.5, 0.6) is 5.75 Å². The molecule has 0 bridgehead atoms. The third-order valence-corrected chi connectivity index (χ3v) is 4.43. The standard InChI is InChI=1S/C21H24N2O3/c24-20(23-18-11-6-7-14-22-21(18)25)13-15-26-19-12-5-4-10-17(19)16-8-2-1-3-9-16/h1-5,8-10,12,18H,6-7,11,13-15H2,(H,22,25)(H,23,24)/t18-/m1/s1. The van der Waals surface area contributed by atoms with Crippen molar-refractivity contribution >= 4 is 11.8 Å².